The summed E-state index contributed by atoms with van der Waals surface area (Å²) in [6.07, 6.45) is 0. The molecule has 1 rings (SSSR count). The lowest BCUT2D eigenvalue weighted by atomic mass is 10.3. The zero-order valence-electron chi connectivity index (χ0n) is 9.98. The first-order valence-electron chi connectivity index (χ1n) is 5.03. The molecule has 102 valence electrons. The third-order valence-electron chi connectivity index (χ3n) is 1.92. The van der Waals surface area contributed by atoms with E-state index in [0.29, 0.717) is 5.69 Å². The maximum Gasteiger partial charge on any atom is 0.302 e. The van der Waals surface area contributed by atoms with E-state index in [1.165, 1.54) is 0 Å². The number of aryl methyl sites for hydroxylation is 1. The number of nitrogens with zero attached hydrogens (tertiary/aromatic N) is 3. The van der Waals surface area contributed by atoms with Gasteiger partial charge in [-0.2, -0.15) is 4.99 Å². The highest BCUT2D eigenvalue weighted by molar-refractivity contribution is 6.30. The number of halogens is 1. The van der Waals surface area contributed by atoms with E-state index in [0.717, 1.165) is 0 Å². The molecule has 2 amide bonds. The molecule has 0 aromatic carbocycles. The van der Waals surface area contributed by atoms with Crippen LogP contribution in [0.2, 0.25) is 5.15 Å². The Labute approximate surface area is 113 Å². The summed E-state index contributed by atoms with van der Waals surface area (Å²) in [4.78, 5) is 33.6. The summed E-state index contributed by atoms with van der Waals surface area (Å²) in [5.74, 6) is -2.01. The summed E-state index contributed by atoms with van der Waals surface area (Å²) in [7, 11) is 0. The Bertz CT molecular complexity index is 558. The average molecular weight is 286 g/mol. The lowest BCUT2D eigenvalue weighted by Crippen LogP contribution is -2.40. The van der Waals surface area contributed by atoms with Crippen molar-refractivity contribution < 1.29 is 9.59 Å². The first kappa shape index (κ1) is 14.8. The van der Waals surface area contributed by atoms with Crippen LogP contribution in [0.3, 0.4) is 0 Å². The molecular weight excluding hydrogens is 274 g/mol. The molecule has 19 heavy (non-hydrogen) atoms. The number of hydrogen-bond acceptors (Lipinski definition) is 6. The molecular formula is C9H12ClN7O2. The van der Waals surface area contributed by atoms with Crippen molar-refractivity contribution in [1.82, 2.24) is 15.3 Å². The molecule has 0 saturated heterocycles. The van der Waals surface area contributed by atoms with Crippen LogP contribution in [0.15, 0.2) is 4.99 Å². The van der Waals surface area contributed by atoms with E-state index in [-0.39, 0.29) is 23.2 Å². The number of hydrogen-bond donors (Lipinski definition) is 4. The summed E-state index contributed by atoms with van der Waals surface area (Å²) < 4.78 is 0. The molecule has 1 heterocycles. The minimum atomic E-state index is -0.873. The third kappa shape index (κ3) is 3.86. The van der Waals surface area contributed by atoms with Crippen LogP contribution >= 0.6 is 11.6 Å². The fourth-order valence-electron chi connectivity index (χ4n) is 1.06. The number of carbonyl (C=O) groups is 2. The Morgan fingerprint density at radius 1 is 1.42 bits per heavy atom. The maximum atomic E-state index is 11.7. The number of aromatic nitrogens is 2. The monoisotopic (exact) mass is 285 g/mol. The van der Waals surface area contributed by atoms with Gasteiger partial charge in [-0.15, -0.1) is 0 Å². The molecule has 0 unspecified atom stereocenters. The standard InChI is InChI=1S/C9H12ClN7O2/c1-3-6(10)16-5(7(12)14-3)8(19)17-9(13)15-4(18)2-11/h2,11H2,1H3,(H2,12,14)(H3,13,15,17,18,19). The molecule has 0 fully saturated rings. The second-order valence-corrected chi connectivity index (χ2v) is 3.75. The van der Waals surface area contributed by atoms with Crippen molar-refractivity contribution in [2.24, 2.45) is 16.5 Å². The van der Waals surface area contributed by atoms with Crippen LogP contribution < -0.4 is 22.5 Å². The van der Waals surface area contributed by atoms with Gasteiger partial charge in [0.15, 0.2) is 16.7 Å². The Kier molecular flexibility index (Phi) is 4.73. The van der Waals surface area contributed by atoms with Crippen LogP contribution in [0.4, 0.5) is 5.82 Å². The average Bonchev–Trinajstić information content (AvgIpc) is 2.33. The molecule has 0 aliphatic rings. The predicted molar refractivity (Wildman–Crippen MR) is 69.3 cm³/mol. The van der Waals surface area contributed by atoms with Crippen LogP contribution in [-0.4, -0.2) is 34.3 Å². The van der Waals surface area contributed by atoms with Gasteiger partial charge in [0.2, 0.25) is 11.9 Å². The van der Waals surface area contributed by atoms with Crippen LogP contribution in [-0.2, 0) is 4.79 Å². The van der Waals surface area contributed by atoms with Crippen LogP contribution in [0.25, 0.3) is 0 Å². The Morgan fingerprint density at radius 3 is 2.63 bits per heavy atom. The van der Waals surface area contributed by atoms with E-state index in [9.17, 15) is 9.59 Å². The van der Waals surface area contributed by atoms with Gasteiger partial charge < -0.3 is 17.2 Å². The van der Waals surface area contributed by atoms with Gasteiger partial charge in [-0.1, -0.05) is 11.6 Å². The quantitative estimate of drug-likeness (QED) is 0.381. The molecule has 7 N–H and O–H groups in total. The largest absolute Gasteiger partial charge is 0.382 e. The second-order valence-electron chi connectivity index (χ2n) is 3.39. The van der Waals surface area contributed by atoms with E-state index < -0.39 is 17.8 Å². The van der Waals surface area contributed by atoms with Crippen molar-refractivity contribution in [2.45, 2.75) is 6.92 Å². The molecule has 9 nitrogen and oxygen atoms in total. The summed E-state index contributed by atoms with van der Waals surface area (Å²) in [5, 5.41) is 2.12. The molecule has 0 aliphatic heterocycles. The van der Waals surface area contributed by atoms with Gasteiger partial charge in [-0.05, 0) is 6.92 Å². The normalized spacial score (nSPS) is 11.2. The number of nitrogen functional groups attached to an aromatic ring is 1. The fraction of sp³-hybridized carbons (Fsp3) is 0.222. The van der Waals surface area contributed by atoms with Crippen molar-refractivity contribution in [3.8, 4) is 0 Å². The SMILES string of the molecule is Cc1nc(N)c(C(=O)N=C(N)NC(=O)CN)nc1Cl. The highest BCUT2D eigenvalue weighted by Gasteiger charge is 2.15. The van der Waals surface area contributed by atoms with Crippen molar-refractivity contribution in [3.63, 3.8) is 0 Å². The van der Waals surface area contributed by atoms with Gasteiger partial charge >= 0.3 is 5.91 Å². The summed E-state index contributed by atoms with van der Waals surface area (Å²) in [6, 6.07) is 0. The predicted octanol–water partition coefficient (Wildman–Crippen LogP) is -1.45. The summed E-state index contributed by atoms with van der Waals surface area (Å²) in [6.45, 7) is 1.29. The van der Waals surface area contributed by atoms with Gasteiger partial charge in [0, 0.05) is 0 Å². The van der Waals surface area contributed by atoms with Crippen molar-refractivity contribution in [1.29, 1.82) is 0 Å². The van der Waals surface area contributed by atoms with E-state index in [2.05, 4.69) is 20.3 Å². The highest BCUT2D eigenvalue weighted by Crippen LogP contribution is 2.15. The van der Waals surface area contributed by atoms with E-state index >= 15 is 0 Å². The topological polar surface area (TPSA) is 162 Å². The van der Waals surface area contributed by atoms with Gasteiger partial charge in [0.1, 0.15) is 0 Å². The van der Waals surface area contributed by atoms with Crippen LogP contribution in [0.1, 0.15) is 16.2 Å². The Hall–Kier alpha value is -2.26. The van der Waals surface area contributed by atoms with Crippen molar-refractivity contribution in [2.75, 3.05) is 12.3 Å². The number of guanidine groups is 1. The molecule has 0 aliphatic carbocycles. The zero-order valence-corrected chi connectivity index (χ0v) is 10.7. The molecule has 10 heteroatoms. The number of rotatable bonds is 2. The van der Waals surface area contributed by atoms with Gasteiger partial charge in [0.25, 0.3) is 0 Å². The van der Waals surface area contributed by atoms with E-state index in [1.54, 1.807) is 6.92 Å². The first-order valence-corrected chi connectivity index (χ1v) is 5.41. The van der Waals surface area contributed by atoms with E-state index in [4.69, 9.17) is 28.8 Å². The van der Waals surface area contributed by atoms with E-state index in [1.807, 2.05) is 0 Å². The number of nitrogens with two attached hydrogens (primary N) is 3. The Balaban J connectivity index is 2.98. The highest BCUT2D eigenvalue weighted by atomic mass is 35.5. The minimum Gasteiger partial charge on any atom is -0.382 e. The molecule has 1 aromatic rings. The number of anilines is 1. The maximum absolute atomic E-state index is 11.7. The lowest BCUT2D eigenvalue weighted by Gasteiger charge is -2.04. The minimum absolute atomic E-state index is 0.0253. The van der Waals surface area contributed by atoms with Gasteiger partial charge in [-0.3, -0.25) is 14.9 Å². The van der Waals surface area contributed by atoms with Crippen molar-refractivity contribution in [3.05, 3.63) is 16.5 Å². The molecule has 0 atom stereocenters. The summed E-state index contributed by atoms with van der Waals surface area (Å²) >= 11 is 5.73. The van der Waals surface area contributed by atoms with Crippen molar-refractivity contribution >= 4 is 35.2 Å². The second kappa shape index (κ2) is 6.07. The van der Waals surface area contributed by atoms with Gasteiger partial charge in [-0.25, -0.2) is 9.97 Å². The molecule has 0 radical (unpaired) electrons. The number of aliphatic imine (C=N–C) groups is 1. The Morgan fingerprint density at radius 2 is 2.05 bits per heavy atom. The lowest BCUT2D eigenvalue weighted by molar-refractivity contribution is -0.118. The van der Waals surface area contributed by atoms with Crippen LogP contribution in [0, 0.1) is 6.92 Å². The number of amides is 2. The number of carbonyl (C=O) groups excluding carboxylic acids is 2. The molecule has 0 bridgehead atoms. The fourth-order valence-corrected chi connectivity index (χ4v) is 1.18. The molecule has 1 aromatic heterocycles. The molecule has 0 saturated carbocycles. The summed E-state index contributed by atoms with van der Waals surface area (Å²) in [5.41, 5.74) is 16.0. The third-order valence-corrected chi connectivity index (χ3v) is 2.27. The first-order chi connectivity index (χ1) is 8.85. The number of nitrogens with one attached hydrogen (secondary N) is 1. The smallest absolute Gasteiger partial charge is 0.302 e. The van der Waals surface area contributed by atoms with Gasteiger partial charge in [0.05, 0.1) is 12.2 Å². The van der Waals surface area contributed by atoms with Crippen LogP contribution in [0.5, 0.6) is 0 Å². The molecule has 0 spiro atoms. The zero-order chi connectivity index (χ0) is 14.6.